The third-order valence-corrected chi connectivity index (χ3v) is 4.77. The Kier molecular flexibility index (Phi) is 4.03. The van der Waals surface area contributed by atoms with Crippen molar-refractivity contribution in [1.29, 1.82) is 0 Å². The van der Waals surface area contributed by atoms with Crippen molar-refractivity contribution in [2.75, 3.05) is 18.9 Å². The number of hydrogen-bond donors (Lipinski definition) is 1. The van der Waals surface area contributed by atoms with Gasteiger partial charge in [0.25, 0.3) is 0 Å². The van der Waals surface area contributed by atoms with Crippen molar-refractivity contribution >= 4 is 22.4 Å². The summed E-state index contributed by atoms with van der Waals surface area (Å²) >= 11 is 1.46. The maximum atomic E-state index is 12.1. The van der Waals surface area contributed by atoms with Gasteiger partial charge in [-0.25, -0.2) is 4.98 Å². The average Bonchev–Trinajstić information content (AvgIpc) is 3.04. The first kappa shape index (κ1) is 14.2. The summed E-state index contributed by atoms with van der Waals surface area (Å²) in [5.41, 5.74) is 3.71. The molecule has 2 aromatic rings. The van der Waals surface area contributed by atoms with E-state index in [4.69, 9.17) is 0 Å². The lowest BCUT2D eigenvalue weighted by atomic mass is 10.1. The molecular formula is C16H19N3OS. The Morgan fingerprint density at radius 3 is 3.05 bits per heavy atom. The van der Waals surface area contributed by atoms with E-state index in [0.29, 0.717) is 17.7 Å². The normalized spacial score (nSPS) is 17.0. The van der Waals surface area contributed by atoms with E-state index < -0.39 is 0 Å². The van der Waals surface area contributed by atoms with Gasteiger partial charge in [-0.3, -0.25) is 9.69 Å². The Morgan fingerprint density at radius 2 is 2.29 bits per heavy atom. The third kappa shape index (κ3) is 3.14. The topological polar surface area (TPSA) is 45.2 Å². The number of hydrogen-bond acceptors (Lipinski definition) is 4. The fraction of sp³-hybridized carbons (Fsp3) is 0.375. The molecule has 0 radical (unpaired) electrons. The lowest BCUT2D eigenvalue weighted by Crippen LogP contribution is -2.32. The van der Waals surface area contributed by atoms with Gasteiger partial charge >= 0.3 is 0 Å². The van der Waals surface area contributed by atoms with Crippen LogP contribution in [0.5, 0.6) is 0 Å². The summed E-state index contributed by atoms with van der Waals surface area (Å²) < 4.78 is 0. The van der Waals surface area contributed by atoms with Gasteiger partial charge in [0.15, 0.2) is 5.13 Å². The Bertz CT molecular complexity index is 652. The molecule has 0 fully saturated rings. The number of likely N-dealkylation sites (N-methyl/N-ethyl adjacent to an activating group) is 1. The minimum atomic E-state index is -0.00349. The number of aromatic nitrogens is 1. The van der Waals surface area contributed by atoms with E-state index in [1.807, 2.05) is 19.4 Å². The maximum Gasteiger partial charge on any atom is 0.240 e. The number of thiazole rings is 1. The molecule has 0 aliphatic heterocycles. The molecule has 1 N–H and O–H groups in total. The van der Waals surface area contributed by atoms with Gasteiger partial charge in [0.1, 0.15) is 0 Å². The van der Waals surface area contributed by atoms with E-state index in [-0.39, 0.29) is 5.91 Å². The molecule has 110 valence electrons. The molecule has 1 aromatic heterocycles. The number of benzene rings is 1. The van der Waals surface area contributed by atoms with Crippen LogP contribution in [0, 0.1) is 6.92 Å². The second kappa shape index (κ2) is 5.95. The minimum Gasteiger partial charge on any atom is -0.301 e. The summed E-state index contributed by atoms with van der Waals surface area (Å²) in [5, 5.41) is 5.48. The zero-order chi connectivity index (χ0) is 14.8. The number of carbonyl (C=O) groups excluding carboxylic acids is 1. The van der Waals surface area contributed by atoms with Gasteiger partial charge in [-0.05, 0) is 37.9 Å². The van der Waals surface area contributed by atoms with E-state index in [0.717, 1.165) is 18.5 Å². The summed E-state index contributed by atoms with van der Waals surface area (Å²) in [5.74, 6) is -0.00349. The molecule has 4 nitrogen and oxygen atoms in total. The first-order valence-electron chi connectivity index (χ1n) is 7.13. The van der Waals surface area contributed by atoms with Crippen LogP contribution < -0.4 is 5.32 Å². The van der Waals surface area contributed by atoms with E-state index >= 15 is 0 Å². The van der Waals surface area contributed by atoms with Crippen LogP contribution >= 0.6 is 11.3 Å². The fourth-order valence-electron chi connectivity index (χ4n) is 2.90. The van der Waals surface area contributed by atoms with Crippen molar-refractivity contribution in [3.05, 3.63) is 46.5 Å². The highest BCUT2D eigenvalue weighted by Crippen LogP contribution is 2.34. The van der Waals surface area contributed by atoms with E-state index in [1.54, 1.807) is 0 Å². The van der Waals surface area contributed by atoms with Gasteiger partial charge in [0.05, 0.1) is 12.2 Å². The number of amides is 1. The highest BCUT2D eigenvalue weighted by atomic mass is 32.1. The SMILES string of the molecule is Cc1csc(NC(=O)CN(C)C2CCc3ccccc32)n1. The van der Waals surface area contributed by atoms with E-state index in [1.165, 1.54) is 22.5 Å². The van der Waals surface area contributed by atoms with E-state index in [9.17, 15) is 4.79 Å². The van der Waals surface area contributed by atoms with Crippen LogP contribution in [0.3, 0.4) is 0 Å². The Morgan fingerprint density at radius 1 is 1.48 bits per heavy atom. The van der Waals surface area contributed by atoms with Gasteiger partial charge in [0.2, 0.25) is 5.91 Å². The van der Waals surface area contributed by atoms with E-state index in [2.05, 4.69) is 39.5 Å². The second-order valence-electron chi connectivity index (χ2n) is 5.51. The van der Waals surface area contributed by atoms with Crippen molar-refractivity contribution in [2.24, 2.45) is 0 Å². The van der Waals surface area contributed by atoms with Gasteiger partial charge < -0.3 is 5.32 Å². The number of carbonyl (C=O) groups is 1. The predicted molar refractivity (Wildman–Crippen MR) is 85.6 cm³/mol. The summed E-state index contributed by atoms with van der Waals surface area (Å²) in [4.78, 5) is 18.5. The van der Waals surface area contributed by atoms with Crippen molar-refractivity contribution < 1.29 is 4.79 Å². The lowest BCUT2D eigenvalue weighted by molar-refractivity contribution is -0.117. The van der Waals surface area contributed by atoms with Crippen LogP contribution in [0.25, 0.3) is 0 Å². The molecule has 1 aromatic carbocycles. The van der Waals surface area contributed by atoms with Crippen LogP contribution in [0.15, 0.2) is 29.6 Å². The summed E-state index contributed by atoms with van der Waals surface area (Å²) in [6.45, 7) is 2.31. The minimum absolute atomic E-state index is 0.00349. The quantitative estimate of drug-likeness (QED) is 0.944. The van der Waals surface area contributed by atoms with Gasteiger partial charge in [-0.15, -0.1) is 11.3 Å². The molecule has 1 unspecified atom stereocenters. The zero-order valence-corrected chi connectivity index (χ0v) is 13.1. The molecule has 5 heteroatoms. The predicted octanol–water partition coefficient (Wildman–Crippen LogP) is 3.01. The summed E-state index contributed by atoms with van der Waals surface area (Å²) in [6.07, 6.45) is 2.18. The molecular weight excluding hydrogens is 282 g/mol. The average molecular weight is 301 g/mol. The number of nitrogens with zero attached hydrogens (tertiary/aromatic N) is 2. The molecule has 0 spiro atoms. The van der Waals surface area contributed by atoms with Crippen LogP contribution in [0.2, 0.25) is 0 Å². The van der Waals surface area contributed by atoms with Crippen LogP contribution in [0.4, 0.5) is 5.13 Å². The maximum absolute atomic E-state index is 12.1. The standard InChI is InChI=1S/C16H19N3OS/c1-11-10-21-16(17-11)18-15(20)9-19(2)14-8-7-12-5-3-4-6-13(12)14/h3-6,10,14H,7-9H2,1-2H3,(H,17,18,20). The molecule has 0 saturated heterocycles. The van der Waals surface area contributed by atoms with Crippen LogP contribution in [-0.2, 0) is 11.2 Å². The Balaban J connectivity index is 1.62. The number of anilines is 1. The number of nitrogens with one attached hydrogen (secondary N) is 1. The van der Waals surface area contributed by atoms with Crippen LogP contribution in [-0.4, -0.2) is 29.4 Å². The van der Waals surface area contributed by atoms with Crippen molar-refractivity contribution in [2.45, 2.75) is 25.8 Å². The Labute approximate surface area is 128 Å². The van der Waals surface area contributed by atoms with Crippen LogP contribution in [0.1, 0.15) is 29.3 Å². The summed E-state index contributed by atoms with van der Waals surface area (Å²) in [7, 11) is 2.01. The largest absolute Gasteiger partial charge is 0.301 e. The molecule has 3 rings (SSSR count). The molecule has 1 heterocycles. The van der Waals surface area contributed by atoms with Crippen molar-refractivity contribution in [3.63, 3.8) is 0 Å². The van der Waals surface area contributed by atoms with Gasteiger partial charge in [0, 0.05) is 11.4 Å². The number of aryl methyl sites for hydroxylation is 2. The zero-order valence-electron chi connectivity index (χ0n) is 12.3. The second-order valence-corrected chi connectivity index (χ2v) is 6.37. The molecule has 1 aliphatic carbocycles. The number of rotatable bonds is 4. The first-order valence-corrected chi connectivity index (χ1v) is 8.01. The summed E-state index contributed by atoms with van der Waals surface area (Å²) in [6, 6.07) is 8.85. The fourth-order valence-corrected chi connectivity index (χ4v) is 3.60. The smallest absolute Gasteiger partial charge is 0.240 e. The Hall–Kier alpha value is -1.72. The molecule has 0 saturated carbocycles. The molecule has 0 bridgehead atoms. The third-order valence-electron chi connectivity index (χ3n) is 3.89. The van der Waals surface area contributed by atoms with Gasteiger partial charge in [-0.1, -0.05) is 24.3 Å². The van der Waals surface area contributed by atoms with Gasteiger partial charge in [-0.2, -0.15) is 0 Å². The number of fused-ring (bicyclic) bond motifs is 1. The molecule has 21 heavy (non-hydrogen) atoms. The van der Waals surface area contributed by atoms with Crippen molar-refractivity contribution in [3.8, 4) is 0 Å². The highest BCUT2D eigenvalue weighted by molar-refractivity contribution is 7.13. The monoisotopic (exact) mass is 301 g/mol. The van der Waals surface area contributed by atoms with Crippen molar-refractivity contribution in [1.82, 2.24) is 9.88 Å². The lowest BCUT2D eigenvalue weighted by Gasteiger charge is -2.24. The molecule has 1 atom stereocenters. The first-order chi connectivity index (χ1) is 10.1. The highest BCUT2D eigenvalue weighted by Gasteiger charge is 2.26. The molecule has 1 amide bonds. The molecule has 1 aliphatic rings.